The van der Waals surface area contributed by atoms with Crippen molar-refractivity contribution in [1.82, 2.24) is 9.97 Å². The van der Waals surface area contributed by atoms with Crippen LogP contribution in [0.3, 0.4) is 0 Å². The highest BCUT2D eigenvalue weighted by molar-refractivity contribution is 6.30. The molecule has 3 rings (SSSR count). The summed E-state index contributed by atoms with van der Waals surface area (Å²) in [6.45, 7) is 3.24. The van der Waals surface area contributed by atoms with Crippen LogP contribution in [0.5, 0.6) is 0 Å². The zero-order valence-corrected chi connectivity index (χ0v) is 16.3. The lowest BCUT2D eigenvalue weighted by Gasteiger charge is -2.12. The van der Waals surface area contributed by atoms with Crippen LogP contribution in [0.1, 0.15) is 12.5 Å². The lowest BCUT2D eigenvalue weighted by atomic mass is 10.2. The van der Waals surface area contributed by atoms with Gasteiger partial charge in [0.15, 0.2) is 0 Å². The molecule has 0 spiro atoms. The molecule has 3 N–H and O–H groups in total. The molecule has 3 aromatic rings. The molecule has 10 heteroatoms. The average molecular weight is 413 g/mol. The van der Waals surface area contributed by atoms with E-state index in [-0.39, 0.29) is 23.2 Å². The van der Waals surface area contributed by atoms with Crippen molar-refractivity contribution in [2.75, 3.05) is 16.0 Å². The van der Waals surface area contributed by atoms with Crippen molar-refractivity contribution in [3.63, 3.8) is 0 Å². The van der Waals surface area contributed by atoms with Gasteiger partial charge in [0, 0.05) is 29.0 Å². The summed E-state index contributed by atoms with van der Waals surface area (Å²) >= 11 is 5.96. The maximum Gasteiger partial charge on any atom is 0.353 e. The van der Waals surface area contributed by atoms with Gasteiger partial charge in [-0.25, -0.2) is 9.97 Å². The third-order valence-electron chi connectivity index (χ3n) is 3.91. The van der Waals surface area contributed by atoms with Gasteiger partial charge >= 0.3 is 5.69 Å². The van der Waals surface area contributed by atoms with Crippen molar-refractivity contribution >= 4 is 51.9 Å². The molecule has 1 aromatic heterocycles. The van der Waals surface area contributed by atoms with Gasteiger partial charge in [-0.2, -0.15) is 0 Å². The van der Waals surface area contributed by atoms with E-state index >= 15 is 0 Å². The first kappa shape index (κ1) is 20.0. The van der Waals surface area contributed by atoms with Crippen LogP contribution in [-0.2, 0) is 4.79 Å². The minimum Gasteiger partial charge on any atom is -0.334 e. The van der Waals surface area contributed by atoms with E-state index in [9.17, 15) is 14.9 Å². The van der Waals surface area contributed by atoms with Crippen LogP contribution in [0.2, 0.25) is 5.02 Å². The van der Waals surface area contributed by atoms with Crippen LogP contribution in [-0.4, -0.2) is 20.8 Å². The molecule has 0 aliphatic rings. The Bertz CT molecular complexity index is 1070. The Balaban J connectivity index is 1.90. The van der Waals surface area contributed by atoms with E-state index in [4.69, 9.17) is 11.6 Å². The van der Waals surface area contributed by atoms with E-state index in [1.807, 2.05) is 6.92 Å². The molecule has 29 heavy (non-hydrogen) atoms. The largest absolute Gasteiger partial charge is 0.353 e. The molecule has 0 unspecified atom stereocenters. The molecular weight excluding hydrogens is 396 g/mol. The van der Waals surface area contributed by atoms with Crippen LogP contribution in [0.4, 0.5) is 34.4 Å². The van der Waals surface area contributed by atoms with Crippen molar-refractivity contribution < 1.29 is 9.72 Å². The number of rotatable bonds is 6. The first-order chi connectivity index (χ1) is 13.8. The number of benzene rings is 2. The molecule has 0 saturated heterocycles. The molecule has 0 aliphatic carbocycles. The van der Waals surface area contributed by atoms with Crippen LogP contribution in [0.25, 0.3) is 0 Å². The average Bonchev–Trinajstić information content (AvgIpc) is 2.65. The molecular formula is C19H17ClN6O3. The van der Waals surface area contributed by atoms with Crippen LogP contribution in [0.15, 0.2) is 48.8 Å². The van der Waals surface area contributed by atoms with Crippen molar-refractivity contribution in [3.8, 4) is 0 Å². The van der Waals surface area contributed by atoms with Crippen LogP contribution in [0, 0.1) is 17.0 Å². The smallest absolute Gasteiger partial charge is 0.334 e. The number of aryl methyl sites for hydroxylation is 1. The van der Waals surface area contributed by atoms with Gasteiger partial charge in [0.05, 0.1) is 4.92 Å². The standard InChI is InChI=1S/C19H17ClN6O3/c1-11-9-13(20)3-8-16(11)25-19-17(26(28)29)18(21-10-22-19)24-15-6-4-14(5-7-15)23-12(2)27/h3-10H,1-2H3,(H,23,27)(H2,21,22,24,25). The lowest BCUT2D eigenvalue weighted by molar-refractivity contribution is -0.383. The number of carbonyl (C=O) groups is 1. The topological polar surface area (TPSA) is 122 Å². The summed E-state index contributed by atoms with van der Waals surface area (Å²) < 4.78 is 0. The zero-order chi connectivity index (χ0) is 21.0. The number of nitrogens with one attached hydrogen (secondary N) is 3. The predicted octanol–water partition coefficient (Wildman–Crippen LogP) is 4.79. The highest BCUT2D eigenvalue weighted by Gasteiger charge is 2.23. The summed E-state index contributed by atoms with van der Waals surface area (Å²) in [5.41, 5.74) is 2.33. The Kier molecular flexibility index (Phi) is 5.89. The molecule has 0 radical (unpaired) electrons. The first-order valence-electron chi connectivity index (χ1n) is 8.50. The molecule has 0 fully saturated rings. The highest BCUT2D eigenvalue weighted by Crippen LogP contribution is 2.34. The number of hydrogen-bond acceptors (Lipinski definition) is 7. The molecule has 1 heterocycles. The van der Waals surface area contributed by atoms with Gasteiger partial charge in [-0.1, -0.05) is 11.6 Å². The van der Waals surface area contributed by atoms with E-state index in [1.165, 1.54) is 13.3 Å². The van der Waals surface area contributed by atoms with E-state index in [0.29, 0.717) is 22.1 Å². The second-order valence-corrected chi connectivity index (χ2v) is 6.58. The maximum atomic E-state index is 11.7. The SMILES string of the molecule is CC(=O)Nc1ccc(Nc2ncnc(Nc3ccc(Cl)cc3C)c2[N+](=O)[O-])cc1. The fraction of sp³-hybridized carbons (Fsp3) is 0.105. The number of amides is 1. The Hall–Kier alpha value is -3.72. The van der Waals surface area contributed by atoms with Crippen LogP contribution < -0.4 is 16.0 Å². The number of nitro groups is 1. The van der Waals surface area contributed by atoms with E-state index < -0.39 is 4.92 Å². The van der Waals surface area contributed by atoms with Gasteiger partial charge in [0.1, 0.15) is 6.33 Å². The normalized spacial score (nSPS) is 10.3. The van der Waals surface area contributed by atoms with Crippen molar-refractivity contribution in [3.05, 3.63) is 69.5 Å². The van der Waals surface area contributed by atoms with Gasteiger partial charge in [-0.05, 0) is 55.0 Å². The fourth-order valence-electron chi connectivity index (χ4n) is 2.61. The van der Waals surface area contributed by atoms with Crippen molar-refractivity contribution in [2.24, 2.45) is 0 Å². The van der Waals surface area contributed by atoms with Crippen molar-refractivity contribution in [1.29, 1.82) is 0 Å². The monoisotopic (exact) mass is 412 g/mol. The molecule has 0 atom stereocenters. The summed E-state index contributed by atoms with van der Waals surface area (Å²) in [7, 11) is 0. The minimum absolute atomic E-state index is 0.0337. The number of nitrogens with zero attached hydrogens (tertiary/aromatic N) is 3. The molecule has 0 bridgehead atoms. The third-order valence-corrected chi connectivity index (χ3v) is 4.15. The molecule has 0 saturated carbocycles. The number of carbonyl (C=O) groups excluding carboxylic acids is 1. The number of anilines is 5. The Morgan fingerprint density at radius 2 is 1.66 bits per heavy atom. The Morgan fingerprint density at radius 3 is 2.24 bits per heavy atom. The van der Waals surface area contributed by atoms with E-state index in [2.05, 4.69) is 25.9 Å². The summed E-state index contributed by atoms with van der Waals surface area (Å²) in [5.74, 6) is -0.107. The molecule has 9 nitrogen and oxygen atoms in total. The van der Waals surface area contributed by atoms with Gasteiger partial charge < -0.3 is 16.0 Å². The predicted molar refractivity (Wildman–Crippen MR) is 112 cm³/mol. The fourth-order valence-corrected chi connectivity index (χ4v) is 2.83. The van der Waals surface area contributed by atoms with Gasteiger partial charge in [0.2, 0.25) is 17.5 Å². The number of aromatic nitrogens is 2. The quantitative estimate of drug-likeness (QED) is 0.392. The second-order valence-electron chi connectivity index (χ2n) is 6.14. The van der Waals surface area contributed by atoms with Gasteiger partial charge in [-0.3, -0.25) is 14.9 Å². The molecule has 148 valence electrons. The molecule has 2 aromatic carbocycles. The maximum absolute atomic E-state index is 11.7. The lowest BCUT2D eigenvalue weighted by Crippen LogP contribution is -2.07. The van der Waals surface area contributed by atoms with E-state index in [1.54, 1.807) is 42.5 Å². The third kappa shape index (κ3) is 4.96. The Morgan fingerprint density at radius 1 is 1.03 bits per heavy atom. The van der Waals surface area contributed by atoms with Crippen LogP contribution >= 0.6 is 11.6 Å². The van der Waals surface area contributed by atoms with Crippen molar-refractivity contribution in [2.45, 2.75) is 13.8 Å². The second kappa shape index (κ2) is 8.53. The summed E-state index contributed by atoms with van der Waals surface area (Å²) in [4.78, 5) is 30.3. The number of hydrogen-bond donors (Lipinski definition) is 3. The summed E-state index contributed by atoms with van der Waals surface area (Å²) in [6.07, 6.45) is 1.23. The Labute approximate surface area is 171 Å². The number of halogens is 1. The summed E-state index contributed by atoms with van der Waals surface area (Å²) in [5, 5.41) is 20.8. The molecule has 1 amide bonds. The van der Waals surface area contributed by atoms with Gasteiger partial charge in [-0.15, -0.1) is 0 Å². The minimum atomic E-state index is -0.554. The first-order valence-corrected chi connectivity index (χ1v) is 8.88. The highest BCUT2D eigenvalue weighted by atomic mass is 35.5. The molecule has 0 aliphatic heterocycles. The zero-order valence-electron chi connectivity index (χ0n) is 15.6. The van der Waals surface area contributed by atoms with E-state index in [0.717, 1.165) is 5.56 Å². The van der Waals surface area contributed by atoms with Gasteiger partial charge in [0.25, 0.3) is 0 Å². The summed E-state index contributed by atoms with van der Waals surface area (Å²) in [6, 6.07) is 11.8.